The molecule has 2 aliphatic rings. The van der Waals surface area contributed by atoms with Gasteiger partial charge >= 0.3 is 11.9 Å². The Morgan fingerprint density at radius 2 is 1.96 bits per heavy atom. The highest BCUT2D eigenvalue weighted by Gasteiger charge is 2.60. The summed E-state index contributed by atoms with van der Waals surface area (Å²) in [6.07, 6.45) is 0.267. The maximum absolute atomic E-state index is 12.6. The van der Waals surface area contributed by atoms with Crippen LogP contribution in [0.1, 0.15) is 25.8 Å². The quantitative estimate of drug-likeness (QED) is 0.756. The van der Waals surface area contributed by atoms with E-state index in [1.807, 2.05) is 25.1 Å². The first-order valence-electron chi connectivity index (χ1n) is 8.80. The Morgan fingerprint density at radius 3 is 2.60 bits per heavy atom. The summed E-state index contributed by atoms with van der Waals surface area (Å²) in [6, 6.07) is 9.78. The minimum absolute atomic E-state index is 0.158. The molecule has 2 heterocycles. The van der Waals surface area contributed by atoms with Crippen LogP contribution in [0.3, 0.4) is 0 Å². The van der Waals surface area contributed by atoms with Crippen molar-refractivity contribution in [3.8, 4) is 0 Å². The highest BCUT2D eigenvalue weighted by Crippen LogP contribution is 2.46. The van der Waals surface area contributed by atoms with E-state index in [0.717, 1.165) is 19.6 Å². The molecular weight excluding hydrogens is 320 g/mol. The van der Waals surface area contributed by atoms with Crippen LogP contribution < -0.4 is 0 Å². The smallest absolute Gasteiger partial charge is 0.323 e. The van der Waals surface area contributed by atoms with Crippen LogP contribution in [0, 0.1) is 5.41 Å². The number of hydrogen-bond acceptors (Lipinski definition) is 6. The second-order valence-electron chi connectivity index (χ2n) is 6.95. The first kappa shape index (κ1) is 17.9. The van der Waals surface area contributed by atoms with E-state index in [1.165, 1.54) is 12.7 Å². The van der Waals surface area contributed by atoms with Crippen molar-refractivity contribution in [1.82, 2.24) is 9.80 Å². The summed E-state index contributed by atoms with van der Waals surface area (Å²) in [7, 11) is 1.41. The molecule has 2 saturated heterocycles. The van der Waals surface area contributed by atoms with Crippen molar-refractivity contribution < 1.29 is 19.1 Å². The molecule has 0 N–H and O–H groups in total. The molecule has 25 heavy (non-hydrogen) atoms. The van der Waals surface area contributed by atoms with Crippen molar-refractivity contribution in [2.45, 2.75) is 39.0 Å². The Bertz CT molecular complexity index is 636. The number of esters is 2. The number of rotatable bonds is 5. The Hall–Kier alpha value is -1.92. The van der Waals surface area contributed by atoms with E-state index in [4.69, 9.17) is 9.47 Å². The van der Waals surface area contributed by atoms with Crippen LogP contribution >= 0.6 is 0 Å². The summed E-state index contributed by atoms with van der Waals surface area (Å²) in [5.41, 5.74) is 0.438. The van der Waals surface area contributed by atoms with E-state index in [1.54, 1.807) is 6.92 Å². The molecule has 0 spiro atoms. The number of hydrogen-bond donors (Lipinski definition) is 0. The van der Waals surface area contributed by atoms with Crippen molar-refractivity contribution in [2.24, 2.45) is 5.41 Å². The first-order chi connectivity index (χ1) is 12.0. The van der Waals surface area contributed by atoms with E-state index >= 15 is 0 Å². The van der Waals surface area contributed by atoms with Gasteiger partial charge in [-0.05, 0) is 25.8 Å². The standard InChI is InChI=1S/C19H26N2O4/c1-4-25-16(22)15-12-19(2,18(23)24-3)17-20(10-11-21(15)17)13-14-8-6-5-7-9-14/h5-9,15,17H,4,10-13H2,1-3H3/t15-,17-,19+/m0/s1. The van der Waals surface area contributed by atoms with Gasteiger partial charge in [0.15, 0.2) is 0 Å². The van der Waals surface area contributed by atoms with Gasteiger partial charge in [-0.1, -0.05) is 30.3 Å². The van der Waals surface area contributed by atoms with Crippen LogP contribution in [-0.2, 0) is 25.6 Å². The van der Waals surface area contributed by atoms with E-state index in [-0.39, 0.29) is 18.1 Å². The van der Waals surface area contributed by atoms with E-state index in [9.17, 15) is 9.59 Å². The molecule has 6 nitrogen and oxygen atoms in total. The predicted molar refractivity (Wildman–Crippen MR) is 92.5 cm³/mol. The second kappa shape index (κ2) is 7.14. The SMILES string of the molecule is CCOC(=O)[C@@H]1C[C@@](C)(C(=O)OC)[C@H]2N(Cc3ccccc3)CCN12. The molecule has 1 aromatic carbocycles. The van der Waals surface area contributed by atoms with Crippen molar-refractivity contribution in [2.75, 3.05) is 26.8 Å². The lowest BCUT2D eigenvalue weighted by Crippen LogP contribution is -2.49. The second-order valence-corrected chi connectivity index (χ2v) is 6.95. The number of methoxy groups -OCH3 is 1. The molecule has 2 aliphatic heterocycles. The molecule has 1 aromatic rings. The first-order valence-corrected chi connectivity index (χ1v) is 8.80. The van der Waals surface area contributed by atoms with Gasteiger partial charge in [0, 0.05) is 19.6 Å². The number of nitrogens with zero attached hydrogens (tertiary/aromatic N) is 2. The van der Waals surface area contributed by atoms with Crippen molar-refractivity contribution in [3.63, 3.8) is 0 Å². The highest BCUT2D eigenvalue weighted by atomic mass is 16.5. The molecule has 3 rings (SSSR count). The molecule has 0 bridgehead atoms. The van der Waals surface area contributed by atoms with Gasteiger partial charge in [0.2, 0.25) is 0 Å². The minimum Gasteiger partial charge on any atom is -0.469 e. The van der Waals surface area contributed by atoms with Crippen molar-refractivity contribution in [1.29, 1.82) is 0 Å². The summed E-state index contributed by atoms with van der Waals surface area (Å²) in [6.45, 7) is 6.34. The molecule has 0 aromatic heterocycles. The van der Waals surface area contributed by atoms with Crippen LogP contribution in [0.2, 0.25) is 0 Å². The average molecular weight is 346 g/mol. The molecule has 6 heteroatoms. The topological polar surface area (TPSA) is 59.1 Å². The summed E-state index contributed by atoms with van der Waals surface area (Å²) < 4.78 is 10.3. The van der Waals surface area contributed by atoms with Gasteiger partial charge in [-0.15, -0.1) is 0 Å². The number of ether oxygens (including phenoxy) is 2. The number of fused-ring (bicyclic) bond motifs is 1. The molecule has 3 atom stereocenters. The maximum atomic E-state index is 12.6. The van der Waals surface area contributed by atoms with Crippen LogP contribution in [0.5, 0.6) is 0 Å². The minimum atomic E-state index is -0.753. The highest BCUT2D eigenvalue weighted by molar-refractivity contribution is 5.83. The van der Waals surface area contributed by atoms with Crippen LogP contribution in [0.4, 0.5) is 0 Å². The molecule has 0 amide bonds. The third-order valence-electron chi connectivity index (χ3n) is 5.33. The summed E-state index contributed by atoms with van der Waals surface area (Å²) in [5.74, 6) is -0.518. The Balaban J connectivity index is 1.88. The lowest BCUT2D eigenvalue weighted by molar-refractivity contribution is -0.155. The average Bonchev–Trinajstić information content (AvgIpc) is 3.16. The summed E-state index contributed by atoms with van der Waals surface area (Å²) in [5, 5.41) is 0. The Labute approximate surface area is 148 Å². The number of benzene rings is 1. The Morgan fingerprint density at radius 1 is 1.24 bits per heavy atom. The van der Waals surface area contributed by atoms with Gasteiger partial charge in [-0.25, -0.2) is 0 Å². The lowest BCUT2D eigenvalue weighted by Gasteiger charge is -2.35. The van der Waals surface area contributed by atoms with E-state index < -0.39 is 11.5 Å². The molecule has 0 aliphatic carbocycles. The largest absolute Gasteiger partial charge is 0.469 e. The van der Waals surface area contributed by atoms with Crippen LogP contribution in [0.25, 0.3) is 0 Å². The maximum Gasteiger partial charge on any atom is 0.323 e. The lowest BCUT2D eigenvalue weighted by atomic mass is 9.84. The molecule has 136 valence electrons. The monoisotopic (exact) mass is 346 g/mol. The normalized spacial score (nSPS) is 29.4. The van der Waals surface area contributed by atoms with Crippen LogP contribution in [0.15, 0.2) is 30.3 Å². The number of carbonyl (C=O) groups excluding carboxylic acids is 2. The summed E-state index contributed by atoms with van der Waals surface area (Å²) in [4.78, 5) is 29.4. The van der Waals surface area contributed by atoms with Gasteiger partial charge < -0.3 is 9.47 Å². The zero-order valence-corrected chi connectivity index (χ0v) is 15.1. The molecule has 0 unspecified atom stereocenters. The van der Waals surface area contributed by atoms with E-state index in [0.29, 0.717) is 13.0 Å². The number of carbonyl (C=O) groups is 2. The fourth-order valence-electron chi connectivity index (χ4n) is 4.28. The van der Waals surface area contributed by atoms with Gasteiger partial charge in [0.25, 0.3) is 0 Å². The van der Waals surface area contributed by atoms with Crippen LogP contribution in [-0.4, -0.2) is 60.8 Å². The van der Waals surface area contributed by atoms with Gasteiger partial charge in [-0.3, -0.25) is 19.4 Å². The predicted octanol–water partition coefficient (Wildman–Crippen LogP) is 1.64. The summed E-state index contributed by atoms with van der Waals surface area (Å²) >= 11 is 0. The third kappa shape index (κ3) is 3.16. The fraction of sp³-hybridized carbons (Fsp3) is 0.579. The zero-order chi connectivity index (χ0) is 18.0. The molecule has 0 radical (unpaired) electrons. The molecule has 0 saturated carbocycles. The third-order valence-corrected chi connectivity index (χ3v) is 5.33. The van der Waals surface area contributed by atoms with Gasteiger partial charge in [-0.2, -0.15) is 0 Å². The molecule has 2 fully saturated rings. The van der Waals surface area contributed by atoms with Crippen molar-refractivity contribution >= 4 is 11.9 Å². The molecular formula is C19H26N2O4. The van der Waals surface area contributed by atoms with Crippen molar-refractivity contribution in [3.05, 3.63) is 35.9 Å². The van der Waals surface area contributed by atoms with Gasteiger partial charge in [0.05, 0.1) is 25.3 Å². The van der Waals surface area contributed by atoms with E-state index in [2.05, 4.69) is 21.9 Å². The Kier molecular flexibility index (Phi) is 5.11. The van der Waals surface area contributed by atoms with Gasteiger partial charge in [0.1, 0.15) is 6.04 Å². The zero-order valence-electron chi connectivity index (χ0n) is 15.1. The fourth-order valence-corrected chi connectivity index (χ4v) is 4.28.